The maximum absolute atomic E-state index is 12.3. The molecule has 2 rings (SSSR count). The summed E-state index contributed by atoms with van der Waals surface area (Å²) in [5.74, 6) is -1.15. The van der Waals surface area contributed by atoms with Crippen LogP contribution in [-0.2, 0) is 6.18 Å². The van der Waals surface area contributed by atoms with Gasteiger partial charge < -0.3 is 5.11 Å². The molecule has 2 aromatic rings. The van der Waals surface area contributed by atoms with Gasteiger partial charge in [0.05, 0.1) is 11.3 Å². The summed E-state index contributed by atoms with van der Waals surface area (Å²) in [5, 5.41) is 10.1. The van der Waals surface area contributed by atoms with Crippen LogP contribution in [0.3, 0.4) is 0 Å². The van der Waals surface area contributed by atoms with Crippen LogP contribution in [0.1, 0.15) is 15.4 Å². The highest BCUT2D eigenvalue weighted by molar-refractivity contribution is 7.11. The van der Waals surface area contributed by atoms with Crippen molar-refractivity contribution in [2.45, 2.75) is 6.18 Å². The SMILES string of the molecule is O=C(O)c1nc(-c2ccc(C(F)(F)F)cc2)cs1. The average molecular weight is 273 g/mol. The number of nitrogens with zero attached hydrogens (tertiary/aromatic N) is 1. The van der Waals surface area contributed by atoms with Crippen LogP contribution in [0.15, 0.2) is 29.6 Å². The number of hydrogen-bond acceptors (Lipinski definition) is 3. The Morgan fingerprint density at radius 2 is 1.83 bits per heavy atom. The van der Waals surface area contributed by atoms with E-state index in [1.54, 1.807) is 0 Å². The van der Waals surface area contributed by atoms with E-state index < -0.39 is 17.7 Å². The molecule has 0 spiro atoms. The third-order valence-corrected chi connectivity index (χ3v) is 3.03. The lowest BCUT2D eigenvalue weighted by molar-refractivity contribution is -0.137. The number of hydrogen-bond donors (Lipinski definition) is 1. The minimum Gasteiger partial charge on any atom is -0.476 e. The molecule has 1 aromatic carbocycles. The molecule has 0 aliphatic rings. The first kappa shape index (κ1) is 12.6. The standard InChI is InChI=1S/C11H6F3NO2S/c12-11(13,14)7-3-1-6(2-4-7)8-5-18-9(15-8)10(16)17/h1-5H,(H,16,17). The number of rotatable bonds is 2. The van der Waals surface area contributed by atoms with Gasteiger partial charge in [0, 0.05) is 10.9 Å². The highest BCUT2D eigenvalue weighted by atomic mass is 32.1. The number of halogens is 3. The second kappa shape index (κ2) is 4.41. The molecule has 0 saturated carbocycles. The Labute approximate surface area is 104 Å². The summed E-state index contributed by atoms with van der Waals surface area (Å²) in [4.78, 5) is 14.4. The van der Waals surface area contributed by atoms with Gasteiger partial charge in [0.25, 0.3) is 0 Å². The minimum atomic E-state index is -4.38. The molecule has 0 unspecified atom stereocenters. The quantitative estimate of drug-likeness (QED) is 0.910. The molecular weight excluding hydrogens is 267 g/mol. The second-order valence-corrected chi connectivity index (χ2v) is 4.28. The van der Waals surface area contributed by atoms with Gasteiger partial charge in [0.1, 0.15) is 0 Å². The number of carbonyl (C=O) groups is 1. The van der Waals surface area contributed by atoms with Crippen LogP contribution in [0.4, 0.5) is 13.2 Å². The highest BCUT2D eigenvalue weighted by Crippen LogP contribution is 2.31. The van der Waals surface area contributed by atoms with Gasteiger partial charge in [-0.2, -0.15) is 13.2 Å². The van der Waals surface area contributed by atoms with E-state index >= 15 is 0 Å². The van der Waals surface area contributed by atoms with E-state index in [1.807, 2.05) is 0 Å². The normalized spacial score (nSPS) is 11.5. The van der Waals surface area contributed by atoms with Crippen LogP contribution in [-0.4, -0.2) is 16.1 Å². The number of aromatic nitrogens is 1. The van der Waals surface area contributed by atoms with E-state index in [1.165, 1.54) is 17.5 Å². The van der Waals surface area contributed by atoms with Crippen LogP contribution in [0.2, 0.25) is 0 Å². The number of carboxylic acids is 1. The zero-order chi connectivity index (χ0) is 13.3. The summed E-state index contributed by atoms with van der Waals surface area (Å²) in [6.07, 6.45) is -4.38. The summed E-state index contributed by atoms with van der Waals surface area (Å²) >= 11 is 0.929. The molecule has 3 nitrogen and oxygen atoms in total. The fraction of sp³-hybridized carbons (Fsp3) is 0.0909. The molecule has 94 valence electrons. The van der Waals surface area contributed by atoms with Gasteiger partial charge in [-0.1, -0.05) is 12.1 Å². The number of alkyl halides is 3. The van der Waals surface area contributed by atoms with Gasteiger partial charge in [-0.3, -0.25) is 0 Å². The Hall–Kier alpha value is -1.89. The molecule has 0 atom stereocenters. The summed E-state index contributed by atoms with van der Waals surface area (Å²) < 4.78 is 37.0. The zero-order valence-electron chi connectivity index (χ0n) is 8.73. The molecule has 0 saturated heterocycles. The number of aromatic carboxylic acids is 1. The van der Waals surface area contributed by atoms with Crippen LogP contribution < -0.4 is 0 Å². The molecule has 0 aliphatic carbocycles. The third kappa shape index (κ3) is 2.51. The maximum Gasteiger partial charge on any atom is 0.416 e. The summed E-state index contributed by atoms with van der Waals surface area (Å²) in [5.41, 5.74) is 0.0535. The molecule has 1 N–H and O–H groups in total. The van der Waals surface area contributed by atoms with E-state index in [9.17, 15) is 18.0 Å². The molecule has 18 heavy (non-hydrogen) atoms. The van der Waals surface area contributed by atoms with Gasteiger partial charge in [-0.15, -0.1) is 11.3 Å². The topological polar surface area (TPSA) is 50.2 Å². The second-order valence-electron chi connectivity index (χ2n) is 3.42. The number of benzene rings is 1. The van der Waals surface area contributed by atoms with Crippen LogP contribution >= 0.6 is 11.3 Å². The van der Waals surface area contributed by atoms with Crippen LogP contribution in [0.25, 0.3) is 11.3 Å². The molecule has 7 heteroatoms. The van der Waals surface area contributed by atoms with Crippen molar-refractivity contribution in [1.29, 1.82) is 0 Å². The Bertz CT molecular complexity index is 575. The molecule has 0 fully saturated rings. The van der Waals surface area contributed by atoms with E-state index in [4.69, 9.17) is 5.11 Å². The minimum absolute atomic E-state index is 0.0927. The number of thiazole rings is 1. The van der Waals surface area contributed by atoms with Crippen molar-refractivity contribution in [2.24, 2.45) is 0 Å². The largest absolute Gasteiger partial charge is 0.476 e. The highest BCUT2D eigenvalue weighted by Gasteiger charge is 2.30. The first-order chi connectivity index (χ1) is 8.38. The summed E-state index contributed by atoms with van der Waals surface area (Å²) in [6.45, 7) is 0. The fourth-order valence-electron chi connectivity index (χ4n) is 1.33. The summed E-state index contributed by atoms with van der Waals surface area (Å²) in [6, 6.07) is 4.41. The smallest absolute Gasteiger partial charge is 0.416 e. The Kier molecular flexibility index (Phi) is 3.08. The van der Waals surface area contributed by atoms with Crippen molar-refractivity contribution >= 4 is 17.3 Å². The van der Waals surface area contributed by atoms with Gasteiger partial charge >= 0.3 is 12.1 Å². The molecule has 1 heterocycles. The molecule has 0 radical (unpaired) electrons. The van der Waals surface area contributed by atoms with Crippen molar-refractivity contribution in [3.8, 4) is 11.3 Å². The van der Waals surface area contributed by atoms with Crippen molar-refractivity contribution < 1.29 is 23.1 Å². The van der Waals surface area contributed by atoms with Gasteiger partial charge in [-0.05, 0) is 12.1 Å². The molecule has 0 bridgehead atoms. The van der Waals surface area contributed by atoms with Crippen LogP contribution in [0, 0.1) is 0 Å². The molecular formula is C11H6F3NO2S. The van der Waals surface area contributed by atoms with Crippen molar-refractivity contribution in [3.63, 3.8) is 0 Å². The maximum atomic E-state index is 12.3. The molecule has 1 aromatic heterocycles. The lowest BCUT2D eigenvalue weighted by Gasteiger charge is -2.06. The average Bonchev–Trinajstić information content (AvgIpc) is 2.77. The lowest BCUT2D eigenvalue weighted by atomic mass is 10.1. The summed E-state index contributed by atoms with van der Waals surface area (Å²) in [7, 11) is 0. The van der Waals surface area contributed by atoms with Crippen molar-refractivity contribution in [3.05, 3.63) is 40.2 Å². The molecule has 0 aliphatic heterocycles. The fourth-order valence-corrected chi connectivity index (χ4v) is 2.00. The van der Waals surface area contributed by atoms with E-state index in [0.29, 0.717) is 11.3 Å². The zero-order valence-corrected chi connectivity index (χ0v) is 9.55. The van der Waals surface area contributed by atoms with Gasteiger partial charge in [0.2, 0.25) is 5.01 Å². The first-order valence-electron chi connectivity index (χ1n) is 4.74. The predicted octanol–water partition coefficient (Wildman–Crippen LogP) is 3.53. The molecule has 0 amide bonds. The Morgan fingerprint density at radius 1 is 1.22 bits per heavy atom. The Morgan fingerprint density at radius 3 is 2.28 bits per heavy atom. The van der Waals surface area contributed by atoms with Gasteiger partial charge in [0.15, 0.2) is 0 Å². The van der Waals surface area contributed by atoms with E-state index in [-0.39, 0.29) is 5.01 Å². The third-order valence-electron chi connectivity index (χ3n) is 2.20. The monoisotopic (exact) mass is 273 g/mol. The van der Waals surface area contributed by atoms with E-state index in [2.05, 4.69) is 4.98 Å². The van der Waals surface area contributed by atoms with Crippen LogP contribution in [0.5, 0.6) is 0 Å². The number of carboxylic acid groups (broad SMARTS) is 1. The predicted molar refractivity (Wildman–Crippen MR) is 59.5 cm³/mol. The first-order valence-corrected chi connectivity index (χ1v) is 5.62. The lowest BCUT2D eigenvalue weighted by Crippen LogP contribution is -2.04. The van der Waals surface area contributed by atoms with Crippen molar-refractivity contribution in [2.75, 3.05) is 0 Å². The van der Waals surface area contributed by atoms with E-state index in [0.717, 1.165) is 23.5 Å². The van der Waals surface area contributed by atoms with Gasteiger partial charge in [-0.25, -0.2) is 9.78 Å². The van der Waals surface area contributed by atoms with Crippen molar-refractivity contribution in [1.82, 2.24) is 4.98 Å². The Balaban J connectivity index is 2.31.